The molecule has 0 radical (unpaired) electrons. The molecule has 1 amide bonds. The van der Waals surface area contributed by atoms with E-state index in [0.29, 0.717) is 6.54 Å². The van der Waals surface area contributed by atoms with Gasteiger partial charge in [0.15, 0.2) is 6.61 Å². The molecule has 1 aliphatic carbocycles. The zero-order valence-electron chi connectivity index (χ0n) is 15.3. The molecule has 148 valence electrons. The lowest BCUT2D eigenvalue weighted by Gasteiger charge is -2.22. The van der Waals surface area contributed by atoms with Gasteiger partial charge in [-0.2, -0.15) is 0 Å². The third-order valence-corrected chi connectivity index (χ3v) is 4.99. The van der Waals surface area contributed by atoms with Crippen molar-refractivity contribution in [2.45, 2.75) is 25.4 Å². The van der Waals surface area contributed by atoms with Gasteiger partial charge >= 0.3 is 5.97 Å². The summed E-state index contributed by atoms with van der Waals surface area (Å²) in [7, 11) is 1.60. The van der Waals surface area contributed by atoms with Crippen molar-refractivity contribution in [3.8, 4) is 5.75 Å². The first kappa shape index (κ1) is 20.3. The van der Waals surface area contributed by atoms with E-state index in [4.69, 9.17) is 38.4 Å². The quantitative estimate of drug-likeness (QED) is 0.539. The number of nitrogens with two attached hydrogens (primary N) is 1. The van der Waals surface area contributed by atoms with Gasteiger partial charge in [-0.15, -0.1) is 0 Å². The van der Waals surface area contributed by atoms with Crippen molar-refractivity contribution in [3.05, 3.63) is 57.6 Å². The Balaban J connectivity index is 1.64. The lowest BCUT2D eigenvalue weighted by molar-refractivity contribution is -0.135. The molecule has 0 saturated heterocycles. The van der Waals surface area contributed by atoms with Crippen molar-refractivity contribution in [3.63, 3.8) is 0 Å². The predicted molar refractivity (Wildman–Crippen MR) is 108 cm³/mol. The Morgan fingerprint density at radius 1 is 1.18 bits per heavy atom. The first-order valence-corrected chi connectivity index (χ1v) is 9.48. The van der Waals surface area contributed by atoms with Crippen LogP contribution < -0.4 is 10.5 Å². The molecule has 1 fully saturated rings. The third kappa shape index (κ3) is 4.88. The first-order chi connectivity index (χ1) is 13.4. The third-order valence-electron chi connectivity index (χ3n) is 4.46. The fourth-order valence-corrected chi connectivity index (χ4v) is 3.27. The SMILES string of the molecule is COc1ccc(CN(C(=O)COC(=O)c2cc(Cl)cc(Cl)c2N)C2CC2)cc1. The van der Waals surface area contributed by atoms with Crippen LogP contribution in [0.25, 0.3) is 0 Å². The smallest absolute Gasteiger partial charge is 0.340 e. The maximum Gasteiger partial charge on any atom is 0.340 e. The predicted octanol–water partition coefficient (Wildman–Crippen LogP) is 3.93. The minimum absolute atomic E-state index is 0.0402. The van der Waals surface area contributed by atoms with Crippen LogP contribution >= 0.6 is 23.2 Å². The van der Waals surface area contributed by atoms with Gasteiger partial charge in [-0.3, -0.25) is 4.79 Å². The lowest BCUT2D eigenvalue weighted by Crippen LogP contribution is -2.36. The number of halogens is 2. The number of anilines is 1. The summed E-state index contributed by atoms with van der Waals surface area (Å²) in [6, 6.07) is 10.5. The minimum atomic E-state index is -0.740. The number of ether oxygens (including phenoxy) is 2. The molecule has 0 bridgehead atoms. The lowest BCUT2D eigenvalue weighted by atomic mass is 10.2. The van der Waals surface area contributed by atoms with Crippen LogP contribution in [-0.4, -0.2) is 36.5 Å². The molecule has 0 atom stereocenters. The Hall–Kier alpha value is -2.44. The number of hydrogen-bond donors (Lipinski definition) is 1. The van der Waals surface area contributed by atoms with E-state index in [1.807, 2.05) is 24.3 Å². The van der Waals surface area contributed by atoms with Gasteiger partial charge in [0.05, 0.1) is 23.4 Å². The van der Waals surface area contributed by atoms with Crippen LogP contribution in [0.15, 0.2) is 36.4 Å². The zero-order valence-corrected chi connectivity index (χ0v) is 16.8. The number of nitrogen functional groups attached to an aromatic ring is 1. The fourth-order valence-electron chi connectivity index (χ4n) is 2.78. The van der Waals surface area contributed by atoms with E-state index in [-0.39, 0.29) is 39.9 Å². The molecule has 28 heavy (non-hydrogen) atoms. The molecule has 0 aliphatic heterocycles. The minimum Gasteiger partial charge on any atom is -0.497 e. The van der Waals surface area contributed by atoms with Crippen LogP contribution in [0, 0.1) is 0 Å². The molecule has 2 aromatic rings. The molecule has 3 rings (SSSR count). The van der Waals surface area contributed by atoms with E-state index in [0.717, 1.165) is 24.2 Å². The van der Waals surface area contributed by atoms with Crippen molar-refractivity contribution in [1.82, 2.24) is 4.90 Å². The Bertz CT molecular complexity index is 883. The van der Waals surface area contributed by atoms with Crippen molar-refractivity contribution in [1.29, 1.82) is 0 Å². The highest BCUT2D eigenvalue weighted by molar-refractivity contribution is 6.37. The van der Waals surface area contributed by atoms with E-state index in [9.17, 15) is 9.59 Å². The van der Waals surface area contributed by atoms with E-state index < -0.39 is 5.97 Å². The second-order valence-corrected chi connectivity index (χ2v) is 7.37. The van der Waals surface area contributed by atoms with E-state index in [1.54, 1.807) is 12.0 Å². The van der Waals surface area contributed by atoms with Crippen molar-refractivity contribution < 1.29 is 19.1 Å². The summed E-state index contributed by atoms with van der Waals surface area (Å²) in [4.78, 5) is 26.7. The Kier molecular flexibility index (Phi) is 6.31. The largest absolute Gasteiger partial charge is 0.497 e. The monoisotopic (exact) mass is 422 g/mol. The highest BCUT2D eigenvalue weighted by Crippen LogP contribution is 2.30. The molecule has 0 spiro atoms. The fraction of sp³-hybridized carbons (Fsp3) is 0.300. The molecule has 0 aromatic heterocycles. The number of methoxy groups -OCH3 is 1. The second kappa shape index (κ2) is 8.71. The van der Waals surface area contributed by atoms with Crippen LogP contribution in [-0.2, 0) is 16.1 Å². The van der Waals surface area contributed by atoms with Gasteiger partial charge in [0.1, 0.15) is 5.75 Å². The number of nitrogens with zero attached hydrogens (tertiary/aromatic N) is 1. The van der Waals surface area contributed by atoms with Gasteiger partial charge in [0.25, 0.3) is 5.91 Å². The molecule has 8 heteroatoms. The van der Waals surface area contributed by atoms with E-state index >= 15 is 0 Å². The maximum atomic E-state index is 12.6. The summed E-state index contributed by atoms with van der Waals surface area (Å²) < 4.78 is 10.3. The molecular formula is C20H20Cl2N2O4. The van der Waals surface area contributed by atoms with Crippen molar-refractivity contribution >= 4 is 40.8 Å². The van der Waals surface area contributed by atoms with Gasteiger partial charge in [-0.25, -0.2) is 4.79 Å². The topological polar surface area (TPSA) is 81.9 Å². The summed E-state index contributed by atoms with van der Waals surface area (Å²) >= 11 is 11.8. The molecule has 2 aromatic carbocycles. The van der Waals surface area contributed by atoms with Crippen molar-refractivity contribution in [2.75, 3.05) is 19.5 Å². The van der Waals surface area contributed by atoms with Crippen LogP contribution in [0.1, 0.15) is 28.8 Å². The van der Waals surface area contributed by atoms with Gasteiger partial charge in [0.2, 0.25) is 0 Å². The standard InChI is InChI=1S/C20H20Cl2N2O4/c1-27-15-6-2-12(3-7-15)10-24(14-4-5-14)18(25)11-28-20(26)16-8-13(21)9-17(22)19(16)23/h2-3,6-9,14H,4-5,10-11,23H2,1H3. The molecule has 0 unspecified atom stereocenters. The molecule has 6 nitrogen and oxygen atoms in total. The Labute approximate surface area is 173 Å². The number of rotatable bonds is 7. The number of benzene rings is 2. The van der Waals surface area contributed by atoms with Gasteiger partial charge in [-0.1, -0.05) is 35.3 Å². The van der Waals surface area contributed by atoms with Gasteiger partial charge in [0, 0.05) is 17.6 Å². The Morgan fingerprint density at radius 2 is 1.86 bits per heavy atom. The van der Waals surface area contributed by atoms with Gasteiger partial charge in [-0.05, 0) is 42.7 Å². The number of esters is 1. The van der Waals surface area contributed by atoms with E-state index in [1.165, 1.54) is 12.1 Å². The number of carbonyl (C=O) groups is 2. The number of carbonyl (C=O) groups excluding carboxylic acids is 2. The van der Waals surface area contributed by atoms with Crippen molar-refractivity contribution in [2.24, 2.45) is 0 Å². The summed E-state index contributed by atoms with van der Waals surface area (Å²) in [6.45, 7) is 0.0608. The molecule has 0 heterocycles. The highest BCUT2D eigenvalue weighted by atomic mass is 35.5. The molecular weight excluding hydrogens is 403 g/mol. The van der Waals surface area contributed by atoms with Gasteiger partial charge < -0.3 is 20.1 Å². The second-order valence-electron chi connectivity index (χ2n) is 6.53. The molecule has 1 saturated carbocycles. The maximum absolute atomic E-state index is 12.6. The highest BCUT2D eigenvalue weighted by Gasteiger charge is 2.33. The Morgan fingerprint density at radius 3 is 2.46 bits per heavy atom. The van der Waals surface area contributed by atoms with E-state index in [2.05, 4.69) is 0 Å². The number of hydrogen-bond acceptors (Lipinski definition) is 5. The first-order valence-electron chi connectivity index (χ1n) is 8.73. The summed E-state index contributed by atoms with van der Waals surface area (Å²) in [6.07, 6.45) is 1.87. The van der Waals surface area contributed by atoms with Crippen LogP contribution in [0.5, 0.6) is 5.75 Å². The van der Waals surface area contributed by atoms with Crippen LogP contribution in [0.2, 0.25) is 10.0 Å². The normalized spacial score (nSPS) is 13.1. The number of amides is 1. The zero-order chi connectivity index (χ0) is 20.3. The summed E-state index contributed by atoms with van der Waals surface area (Å²) in [5.74, 6) is -0.256. The van der Waals surface area contributed by atoms with Crippen LogP contribution in [0.3, 0.4) is 0 Å². The summed E-state index contributed by atoms with van der Waals surface area (Å²) in [5, 5.41) is 0.418. The summed E-state index contributed by atoms with van der Waals surface area (Å²) in [5.41, 5.74) is 6.89. The van der Waals surface area contributed by atoms with Crippen LogP contribution in [0.4, 0.5) is 5.69 Å². The average molecular weight is 423 g/mol. The molecule has 1 aliphatic rings. The average Bonchev–Trinajstić information content (AvgIpc) is 3.52. The molecule has 2 N–H and O–H groups in total.